The van der Waals surface area contributed by atoms with Crippen LogP contribution >= 0.6 is 11.8 Å². The van der Waals surface area contributed by atoms with Crippen LogP contribution in [0.3, 0.4) is 0 Å². The molecule has 7 heteroatoms. The van der Waals surface area contributed by atoms with E-state index < -0.39 is 0 Å². The van der Waals surface area contributed by atoms with Gasteiger partial charge >= 0.3 is 0 Å². The number of methoxy groups -OCH3 is 2. The van der Waals surface area contributed by atoms with Crippen molar-refractivity contribution in [1.29, 1.82) is 0 Å². The Morgan fingerprint density at radius 1 is 1.02 bits per heavy atom. The smallest absolute Gasteiger partial charge is 0.132 e. The van der Waals surface area contributed by atoms with E-state index in [9.17, 15) is 5.11 Å². The van der Waals surface area contributed by atoms with Crippen molar-refractivity contribution in [3.8, 4) is 11.5 Å². The highest BCUT2D eigenvalue weighted by Crippen LogP contribution is 2.31. The van der Waals surface area contributed by atoms with Gasteiger partial charge in [0.15, 0.2) is 0 Å². The number of aryl methyl sites for hydroxylation is 1. The summed E-state index contributed by atoms with van der Waals surface area (Å²) in [5.41, 5.74) is 2.35. The molecule has 2 aliphatic heterocycles. The lowest BCUT2D eigenvalue weighted by molar-refractivity contribution is 0.0710. The van der Waals surface area contributed by atoms with Gasteiger partial charge in [0.25, 0.3) is 0 Å². The highest BCUT2D eigenvalue weighted by atomic mass is 32.2. The minimum absolute atomic E-state index is 0.274. The van der Waals surface area contributed by atoms with E-state index in [1.165, 1.54) is 48.2 Å². The van der Waals surface area contributed by atoms with Crippen LogP contribution < -0.4 is 14.8 Å². The van der Waals surface area contributed by atoms with E-state index in [1.54, 1.807) is 14.2 Å². The molecule has 2 N–H and O–H groups in total. The zero-order valence-corrected chi connectivity index (χ0v) is 25.1. The number of aromatic nitrogens is 1. The van der Waals surface area contributed by atoms with E-state index in [2.05, 4.69) is 39.5 Å². The fourth-order valence-corrected chi connectivity index (χ4v) is 6.89. The highest BCUT2D eigenvalue weighted by Gasteiger charge is 2.28. The van der Waals surface area contributed by atoms with Gasteiger partial charge in [0.05, 0.1) is 19.7 Å². The molecule has 3 aromatic rings. The number of hydrogen-bond acceptors (Lipinski definition) is 7. The van der Waals surface area contributed by atoms with Crippen LogP contribution in [0.15, 0.2) is 59.6 Å². The van der Waals surface area contributed by atoms with E-state index in [0.717, 1.165) is 68.1 Å². The molecule has 6 nitrogen and oxygen atoms in total. The van der Waals surface area contributed by atoms with Crippen molar-refractivity contribution >= 4 is 22.7 Å². The number of pyridine rings is 1. The number of piperidine rings is 2. The Balaban J connectivity index is 0.000000546. The predicted molar refractivity (Wildman–Crippen MR) is 167 cm³/mol. The first-order valence-corrected chi connectivity index (χ1v) is 15.9. The third kappa shape index (κ3) is 9.10. The minimum Gasteiger partial charge on any atom is -0.497 e. The molecular weight excluding hydrogens is 518 g/mol. The summed E-state index contributed by atoms with van der Waals surface area (Å²) in [4.78, 5) is 8.21. The number of fused-ring (bicyclic) bond motifs is 1. The topological polar surface area (TPSA) is 66.9 Å². The third-order valence-electron chi connectivity index (χ3n) is 8.21. The molecule has 0 bridgehead atoms. The maximum atomic E-state index is 10.1. The van der Waals surface area contributed by atoms with Gasteiger partial charge in [-0.25, -0.2) is 0 Å². The van der Waals surface area contributed by atoms with E-state index in [1.807, 2.05) is 42.2 Å². The first kappa shape index (κ1) is 30.6. The molecular formula is C33H47N3O3S. The van der Waals surface area contributed by atoms with Gasteiger partial charge in [0.2, 0.25) is 0 Å². The van der Waals surface area contributed by atoms with Crippen molar-refractivity contribution in [1.82, 2.24) is 15.2 Å². The zero-order chi connectivity index (χ0) is 28.0. The summed E-state index contributed by atoms with van der Waals surface area (Å²) in [5.74, 6) is 3.80. The molecule has 2 atom stereocenters. The average molecular weight is 566 g/mol. The van der Waals surface area contributed by atoms with Crippen molar-refractivity contribution in [3.05, 3.63) is 60.3 Å². The number of para-hydroxylation sites is 1. The van der Waals surface area contributed by atoms with E-state index in [-0.39, 0.29) is 6.61 Å². The van der Waals surface area contributed by atoms with Crippen LogP contribution in [0.25, 0.3) is 10.9 Å². The summed E-state index contributed by atoms with van der Waals surface area (Å²) >= 11 is 1.85. The Hall–Kier alpha value is -2.32. The Morgan fingerprint density at radius 2 is 1.88 bits per heavy atom. The number of nitrogens with one attached hydrogen (secondary N) is 1. The second-order valence-electron chi connectivity index (χ2n) is 10.8. The monoisotopic (exact) mass is 565 g/mol. The van der Waals surface area contributed by atoms with Gasteiger partial charge in [-0.1, -0.05) is 18.6 Å². The molecule has 5 rings (SSSR count). The molecule has 1 aromatic heterocycles. The second kappa shape index (κ2) is 16.8. The first-order valence-electron chi connectivity index (χ1n) is 14.9. The third-order valence-corrected chi connectivity index (χ3v) is 9.25. The molecule has 0 aliphatic carbocycles. The summed E-state index contributed by atoms with van der Waals surface area (Å²) in [5, 5.41) is 14.6. The SMILES string of the molecule is C1CCNCC1.COc1ccc2nccc(CCC[C@@H]3CCN(CCSc4ccccc4OC)C[C@@H]3CO)c2c1. The minimum atomic E-state index is 0.274. The molecule has 0 amide bonds. The fourth-order valence-electron chi connectivity index (χ4n) is 5.85. The number of nitrogens with zero attached hydrogens (tertiary/aromatic N) is 2. The van der Waals surface area contributed by atoms with Gasteiger partial charge in [0.1, 0.15) is 11.5 Å². The molecule has 0 saturated carbocycles. The number of aliphatic hydroxyl groups excluding tert-OH is 1. The number of hydrogen-bond donors (Lipinski definition) is 2. The van der Waals surface area contributed by atoms with Gasteiger partial charge in [-0.05, 0) is 112 Å². The average Bonchev–Trinajstić information content (AvgIpc) is 3.02. The van der Waals surface area contributed by atoms with E-state index in [4.69, 9.17) is 9.47 Å². The Bertz CT molecular complexity index is 1150. The van der Waals surface area contributed by atoms with E-state index >= 15 is 0 Å². The number of likely N-dealkylation sites (tertiary alicyclic amines) is 1. The van der Waals surface area contributed by atoms with Gasteiger partial charge in [-0.3, -0.25) is 4.98 Å². The van der Waals surface area contributed by atoms with Gasteiger partial charge < -0.3 is 24.8 Å². The molecule has 40 heavy (non-hydrogen) atoms. The Kier molecular flexibility index (Phi) is 12.9. The van der Waals surface area contributed by atoms with Gasteiger partial charge in [0, 0.05) is 41.9 Å². The molecule has 2 saturated heterocycles. The molecule has 3 heterocycles. The summed E-state index contributed by atoms with van der Waals surface area (Å²) in [7, 11) is 3.43. The van der Waals surface area contributed by atoms with Gasteiger partial charge in [-0.2, -0.15) is 0 Å². The first-order chi connectivity index (χ1) is 19.7. The van der Waals surface area contributed by atoms with Crippen LogP contribution in [0.1, 0.15) is 44.1 Å². The van der Waals surface area contributed by atoms with Crippen LogP contribution in [0.4, 0.5) is 0 Å². The van der Waals surface area contributed by atoms with Crippen LogP contribution in [0.5, 0.6) is 11.5 Å². The number of ether oxygens (including phenoxy) is 2. The maximum absolute atomic E-state index is 10.1. The van der Waals surface area contributed by atoms with Crippen LogP contribution in [-0.4, -0.2) is 74.3 Å². The van der Waals surface area contributed by atoms with Crippen molar-refractivity contribution in [2.24, 2.45) is 11.8 Å². The van der Waals surface area contributed by atoms with Crippen molar-refractivity contribution in [2.75, 3.05) is 59.3 Å². The van der Waals surface area contributed by atoms with E-state index in [0.29, 0.717) is 11.8 Å². The lowest BCUT2D eigenvalue weighted by Gasteiger charge is -2.38. The standard InChI is InChI=1S/C28H36N2O3S.C5H11N/c1-32-24-10-11-26-25(18-24)22(12-14-29-26)7-5-6-21-13-15-30(19-23(21)20-31)16-17-34-28-9-4-3-8-27(28)33-2;1-2-4-6-5-3-1/h3-4,8-12,14,18,21,23,31H,5-7,13,15-17,19-20H2,1-2H3;6H,1-5H2/t21-,23-;/m1./s1. The van der Waals surface area contributed by atoms with Crippen LogP contribution in [-0.2, 0) is 6.42 Å². The second-order valence-corrected chi connectivity index (χ2v) is 12.0. The maximum Gasteiger partial charge on any atom is 0.132 e. The Morgan fingerprint density at radius 3 is 2.60 bits per heavy atom. The number of benzene rings is 2. The van der Waals surface area contributed by atoms with Crippen molar-refractivity contribution in [3.63, 3.8) is 0 Å². The molecule has 0 radical (unpaired) electrons. The highest BCUT2D eigenvalue weighted by molar-refractivity contribution is 7.99. The number of aliphatic hydroxyl groups is 1. The zero-order valence-electron chi connectivity index (χ0n) is 24.3. The summed E-state index contributed by atoms with van der Waals surface area (Å²) < 4.78 is 10.9. The van der Waals surface area contributed by atoms with Crippen molar-refractivity contribution < 1.29 is 14.6 Å². The van der Waals surface area contributed by atoms with Crippen LogP contribution in [0.2, 0.25) is 0 Å². The summed E-state index contributed by atoms with van der Waals surface area (Å²) in [6.45, 7) is 5.92. The molecule has 218 valence electrons. The fraction of sp³-hybridized carbons (Fsp3) is 0.545. The number of thioether (sulfide) groups is 1. The molecule has 2 aliphatic rings. The predicted octanol–water partition coefficient (Wildman–Crippen LogP) is 6.06. The largest absolute Gasteiger partial charge is 0.497 e. The van der Waals surface area contributed by atoms with Gasteiger partial charge in [-0.15, -0.1) is 11.8 Å². The molecule has 0 spiro atoms. The van der Waals surface area contributed by atoms with Crippen molar-refractivity contribution in [2.45, 2.75) is 49.8 Å². The summed E-state index contributed by atoms with van der Waals surface area (Å²) in [6, 6.07) is 16.4. The molecule has 2 aromatic carbocycles. The Labute approximate surface area is 244 Å². The lowest BCUT2D eigenvalue weighted by atomic mass is 9.82. The van der Waals surface area contributed by atoms with Crippen LogP contribution in [0, 0.1) is 11.8 Å². The lowest BCUT2D eigenvalue weighted by Crippen LogP contribution is -2.42. The normalized spacial score (nSPS) is 19.6. The molecule has 0 unspecified atom stereocenters. The quantitative estimate of drug-likeness (QED) is 0.274. The summed E-state index contributed by atoms with van der Waals surface area (Å²) in [6.07, 6.45) is 10.6. The molecule has 2 fully saturated rings. The number of rotatable bonds is 11.